The van der Waals surface area contributed by atoms with Gasteiger partial charge in [-0.15, -0.1) is 0 Å². The summed E-state index contributed by atoms with van der Waals surface area (Å²) in [5, 5.41) is 2.63. The van der Waals surface area contributed by atoms with Crippen molar-refractivity contribution in [3.8, 4) is 0 Å². The van der Waals surface area contributed by atoms with E-state index in [1.165, 1.54) is 13.8 Å². The Morgan fingerprint density at radius 3 is 2.29 bits per heavy atom. The van der Waals surface area contributed by atoms with Crippen LogP contribution in [0.5, 0.6) is 0 Å². The number of Topliss-reactive ketones (excluding diaryl/α,β-unsaturated/α-hetero) is 1. The van der Waals surface area contributed by atoms with Gasteiger partial charge in [0.15, 0.2) is 11.9 Å². The first-order valence-corrected chi connectivity index (χ1v) is 7.56. The Morgan fingerprint density at radius 1 is 1.00 bits per heavy atom. The molecule has 0 spiro atoms. The number of anilines is 1. The van der Waals surface area contributed by atoms with Crippen LogP contribution in [0.1, 0.15) is 40.1 Å². The van der Waals surface area contributed by atoms with Gasteiger partial charge < -0.3 is 10.1 Å². The topological polar surface area (TPSA) is 72.5 Å². The normalized spacial score (nSPS) is 11.5. The molecule has 0 heterocycles. The SMILES string of the molecule is CC(=O)c1cccc(NC(=O)[C@H](C)OC(=O)c2ccc(C)cc2)c1. The number of hydrogen-bond acceptors (Lipinski definition) is 4. The Hall–Kier alpha value is -2.95. The standard InChI is InChI=1S/C19H19NO4/c1-12-7-9-15(10-8-12)19(23)24-14(3)18(22)20-17-6-4-5-16(11-17)13(2)21/h4-11,14H,1-3H3,(H,20,22)/t14-/m0/s1. The monoisotopic (exact) mass is 325 g/mol. The molecule has 0 aliphatic heterocycles. The number of amides is 1. The van der Waals surface area contributed by atoms with Crippen LogP contribution in [0, 0.1) is 6.92 Å². The van der Waals surface area contributed by atoms with Gasteiger partial charge in [0, 0.05) is 11.3 Å². The molecule has 5 nitrogen and oxygen atoms in total. The molecule has 2 rings (SSSR count). The van der Waals surface area contributed by atoms with Gasteiger partial charge in [-0.05, 0) is 45.0 Å². The fraction of sp³-hybridized carbons (Fsp3) is 0.211. The second-order valence-corrected chi connectivity index (χ2v) is 5.54. The zero-order valence-corrected chi connectivity index (χ0v) is 13.8. The van der Waals surface area contributed by atoms with E-state index in [-0.39, 0.29) is 5.78 Å². The molecule has 24 heavy (non-hydrogen) atoms. The molecule has 0 radical (unpaired) electrons. The van der Waals surface area contributed by atoms with E-state index in [0.717, 1.165) is 5.56 Å². The molecular weight excluding hydrogens is 306 g/mol. The molecule has 5 heteroatoms. The van der Waals surface area contributed by atoms with E-state index in [9.17, 15) is 14.4 Å². The number of esters is 1. The molecule has 2 aromatic rings. The summed E-state index contributed by atoms with van der Waals surface area (Å²) in [5.74, 6) is -1.11. The highest BCUT2D eigenvalue weighted by Gasteiger charge is 2.19. The van der Waals surface area contributed by atoms with Gasteiger partial charge >= 0.3 is 5.97 Å². The number of aryl methyl sites for hydroxylation is 1. The summed E-state index contributed by atoms with van der Waals surface area (Å²) in [5.41, 5.74) is 2.39. The molecule has 0 aliphatic rings. The first-order valence-electron chi connectivity index (χ1n) is 7.56. The number of ketones is 1. The summed E-state index contributed by atoms with van der Waals surface area (Å²) in [6.07, 6.45) is -0.959. The summed E-state index contributed by atoms with van der Waals surface area (Å²) in [4.78, 5) is 35.5. The van der Waals surface area contributed by atoms with E-state index in [1.54, 1.807) is 48.5 Å². The summed E-state index contributed by atoms with van der Waals surface area (Å²) in [7, 11) is 0. The maximum Gasteiger partial charge on any atom is 0.338 e. The van der Waals surface area contributed by atoms with Gasteiger partial charge in [-0.3, -0.25) is 9.59 Å². The molecule has 0 saturated carbocycles. The van der Waals surface area contributed by atoms with Crippen molar-refractivity contribution < 1.29 is 19.1 Å². The van der Waals surface area contributed by atoms with Gasteiger partial charge in [-0.1, -0.05) is 29.8 Å². The number of carbonyl (C=O) groups excluding carboxylic acids is 3. The molecule has 1 N–H and O–H groups in total. The van der Waals surface area contributed by atoms with Gasteiger partial charge in [0.1, 0.15) is 0 Å². The minimum absolute atomic E-state index is 0.0926. The van der Waals surface area contributed by atoms with Crippen molar-refractivity contribution in [3.63, 3.8) is 0 Å². The maximum absolute atomic E-state index is 12.1. The second kappa shape index (κ2) is 7.55. The zero-order chi connectivity index (χ0) is 17.7. The smallest absolute Gasteiger partial charge is 0.338 e. The number of nitrogens with one attached hydrogen (secondary N) is 1. The number of ether oxygens (including phenoxy) is 1. The zero-order valence-electron chi connectivity index (χ0n) is 13.8. The van der Waals surface area contributed by atoms with Crippen molar-refractivity contribution in [2.45, 2.75) is 26.9 Å². The van der Waals surface area contributed by atoms with Crippen molar-refractivity contribution in [2.75, 3.05) is 5.32 Å². The van der Waals surface area contributed by atoms with Crippen LogP contribution in [0.2, 0.25) is 0 Å². The number of rotatable bonds is 5. The number of benzene rings is 2. The number of hydrogen-bond donors (Lipinski definition) is 1. The minimum Gasteiger partial charge on any atom is -0.449 e. The Kier molecular flexibility index (Phi) is 5.47. The molecule has 0 bridgehead atoms. The third-order valence-electron chi connectivity index (χ3n) is 3.48. The molecule has 0 fully saturated rings. The summed E-state index contributed by atoms with van der Waals surface area (Å²) in [6.45, 7) is 4.86. The largest absolute Gasteiger partial charge is 0.449 e. The Balaban J connectivity index is 1.99. The molecule has 0 aromatic heterocycles. The minimum atomic E-state index is -0.959. The maximum atomic E-state index is 12.1. The lowest BCUT2D eigenvalue weighted by Crippen LogP contribution is -2.30. The van der Waals surface area contributed by atoms with Crippen molar-refractivity contribution >= 4 is 23.3 Å². The molecule has 1 amide bonds. The van der Waals surface area contributed by atoms with Crippen LogP contribution < -0.4 is 5.32 Å². The third-order valence-corrected chi connectivity index (χ3v) is 3.48. The van der Waals surface area contributed by atoms with Crippen LogP contribution in [0.15, 0.2) is 48.5 Å². The highest BCUT2D eigenvalue weighted by Crippen LogP contribution is 2.13. The van der Waals surface area contributed by atoms with Gasteiger partial charge in [0.25, 0.3) is 5.91 Å². The van der Waals surface area contributed by atoms with Gasteiger partial charge in [0.05, 0.1) is 5.56 Å². The van der Waals surface area contributed by atoms with E-state index in [1.807, 2.05) is 6.92 Å². The molecular formula is C19H19NO4. The molecule has 1 atom stereocenters. The fourth-order valence-corrected chi connectivity index (χ4v) is 2.03. The lowest BCUT2D eigenvalue weighted by atomic mass is 10.1. The van der Waals surface area contributed by atoms with Crippen LogP contribution in [0.3, 0.4) is 0 Å². The fourth-order valence-electron chi connectivity index (χ4n) is 2.03. The van der Waals surface area contributed by atoms with Crippen LogP contribution in [0.4, 0.5) is 5.69 Å². The lowest BCUT2D eigenvalue weighted by Gasteiger charge is -2.14. The van der Waals surface area contributed by atoms with E-state index in [2.05, 4.69) is 5.32 Å². The van der Waals surface area contributed by atoms with Crippen molar-refractivity contribution in [2.24, 2.45) is 0 Å². The molecule has 0 saturated heterocycles. The first kappa shape index (κ1) is 17.4. The predicted octanol–water partition coefficient (Wildman–Crippen LogP) is 3.38. The Morgan fingerprint density at radius 2 is 1.67 bits per heavy atom. The van der Waals surface area contributed by atoms with Crippen LogP contribution in [-0.4, -0.2) is 23.8 Å². The summed E-state index contributed by atoms with van der Waals surface area (Å²) >= 11 is 0. The third kappa shape index (κ3) is 4.52. The molecule has 0 unspecified atom stereocenters. The summed E-state index contributed by atoms with van der Waals surface area (Å²) in [6, 6.07) is 13.5. The lowest BCUT2D eigenvalue weighted by molar-refractivity contribution is -0.123. The van der Waals surface area contributed by atoms with Crippen molar-refractivity contribution in [1.29, 1.82) is 0 Å². The van der Waals surface area contributed by atoms with Crippen molar-refractivity contribution in [1.82, 2.24) is 0 Å². The van der Waals surface area contributed by atoms with Crippen LogP contribution >= 0.6 is 0 Å². The van der Waals surface area contributed by atoms with Crippen LogP contribution in [-0.2, 0) is 9.53 Å². The predicted molar refractivity (Wildman–Crippen MR) is 91.1 cm³/mol. The van der Waals surface area contributed by atoms with Crippen molar-refractivity contribution in [3.05, 3.63) is 65.2 Å². The van der Waals surface area contributed by atoms with E-state index < -0.39 is 18.0 Å². The van der Waals surface area contributed by atoms with Crippen LogP contribution in [0.25, 0.3) is 0 Å². The average molecular weight is 325 g/mol. The molecule has 0 aliphatic carbocycles. The Bertz CT molecular complexity index is 765. The second-order valence-electron chi connectivity index (χ2n) is 5.54. The summed E-state index contributed by atoms with van der Waals surface area (Å²) < 4.78 is 5.17. The van der Waals surface area contributed by atoms with E-state index in [4.69, 9.17) is 4.74 Å². The van der Waals surface area contributed by atoms with Gasteiger partial charge in [-0.25, -0.2) is 4.79 Å². The van der Waals surface area contributed by atoms with Gasteiger partial charge in [-0.2, -0.15) is 0 Å². The Labute approximate surface area is 140 Å². The van der Waals surface area contributed by atoms with E-state index >= 15 is 0 Å². The molecule has 2 aromatic carbocycles. The van der Waals surface area contributed by atoms with Gasteiger partial charge in [0.2, 0.25) is 0 Å². The molecule has 124 valence electrons. The first-order chi connectivity index (χ1) is 11.4. The number of carbonyl (C=O) groups is 3. The van der Waals surface area contributed by atoms with E-state index in [0.29, 0.717) is 16.8 Å². The quantitative estimate of drug-likeness (QED) is 0.675. The highest BCUT2D eigenvalue weighted by atomic mass is 16.5. The highest BCUT2D eigenvalue weighted by molar-refractivity contribution is 5.99. The average Bonchev–Trinajstić information content (AvgIpc) is 2.55.